The Hall–Kier alpha value is -3.02. The third-order valence-electron chi connectivity index (χ3n) is 6.55. The molecule has 11 heteroatoms. The average molecular weight is 499 g/mol. The lowest BCUT2D eigenvalue weighted by atomic mass is 10.1. The Labute approximate surface area is 211 Å². The third-order valence-corrected chi connectivity index (χ3v) is 6.55. The number of nitrogens with zero attached hydrogens (tertiary/aromatic N) is 5. The van der Waals surface area contributed by atoms with Gasteiger partial charge in [-0.15, -0.1) is 0 Å². The maximum absolute atomic E-state index is 9.51. The number of aryl methyl sites for hydroxylation is 1. The van der Waals surface area contributed by atoms with E-state index in [9.17, 15) is 5.11 Å². The number of hydrogen-bond donors (Lipinski definition) is 4. The molecule has 0 spiro atoms. The van der Waals surface area contributed by atoms with Gasteiger partial charge in [0.05, 0.1) is 19.3 Å². The van der Waals surface area contributed by atoms with Gasteiger partial charge in [-0.1, -0.05) is 13.3 Å². The molecule has 36 heavy (non-hydrogen) atoms. The average Bonchev–Trinajstić information content (AvgIpc) is 3.19. The molecule has 0 bridgehead atoms. The van der Waals surface area contributed by atoms with Crippen LogP contribution in [0.3, 0.4) is 0 Å². The van der Waals surface area contributed by atoms with Gasteiger partial charge in [-0.05, 0) is 44.2 Å². The van der Waals surface area contributed by atoms with Gasteiger partial charge in [-0.2, -0.15) is 10.1 Å². The molecule has 1 saturated heterocycles. The zero-order valence-corrected chi connectivity index (χ0v) is 21.5. The zero-order valence-electron chi connectivity index (χ0n) is 21.5. The molecule has 5 N–H and O–H groups in total. The van der Waals surface area contributed by atoms with E-state index in [0.717, 1.165) is 67.9 Å². The van der Waals surface area contributed by atoms with Gasteiger partial charge in [-0.3, -0.25) is 9.67 Å². The lowest BCUT2D eigenvalue weighted by Crippen LogP contribution is -2.34. The molecule has 0 amide bonds. The van der Waals surface area contributed by atoms with E-state index in [0.29, 0.717) is 36.1 Å². The fourth-order valence-electron chi connectivity index (χ4n) is 4.66. The minimum absolute atomic E-state index is 0.0660. The molecule has 4 heterocycles. The summed E-state index contributed by atoms with van der Waals surface area (Å²) >= 11 is 0. The molecule has 196 valence electrons. The quantitative estimate of drug-likeness (QED) is 0.294. The maximum atomic E-state index is 9.51. The van der Waals surface area contributed by atoms with Crippen molar-refractivity contribution in [2.75, 3.05) is 38.0 Å². The molecule has 3 aromatic rings. The number of pyridine rings is 1. The summed E-state index contributed by atoms with van der Waals surface area (Å²) in [5, 5.41) is 21.3. The maximum Gasteiger partial charge on any atom is 0.222 e. The lowest BCUT2D eigenvalue weighted by molar-refractivity contribution is 0.0776. The van der Waals surface area contributed by atoms with E-state index >= 15 is 0 Å². The van der Waals surface area contributed by atoms with Crippen LogP contribution in [0.1, 0.15) is 56.0 Å². The van der Waals surface area contributed by atoms with Crippen LogP contribution in [0.2, 0.25) is 0 Å². The first-order valence-corrected chi connectivity index (χ1v) is 12.7. The number of fused-ring (bicyclic) bond motifs is 1. The Bertz CT molecular complexity index is 1140. The molecule has 0 saturated carbocycles. The summed E-state index contributed by atoms with van der Waals surface area (Å²) < 4.78 is 13.0. The summed E-state index contributed by atoms with van der Waals surface area (Å²) in [6, 6.07) is 2.55. The smallest absolute Gasteiger partial charge is 0.222 e. The standard InChI is InChI=1S/C25H38N8O3/c1-4-5-19(6-9-34)29-24-23-22(30-25(26)31-24)16(2)32-33(23)15-20-21(35-3)12-17(14-28-20)13-27-18-7-10-36-11-8-18/h12,14,18-19,27,34H,4-11,13,15H2,1-3H3,(H3,26,29,30,31)/t19-/m0/s1. The van der Waals surface area contributed by atoms with Crippen LogP contribution in [-0.2, 0) is 17.8 Å². The molecule has 1 atom stereocenters. The van der Waals surface area contributed by atoms with Crippen molar-refractivity contribution >= 4 is 22.8 Å². The van der Waals surface area contributed by atoms with Crippen LogP contribution in [0.25, 0.3) is 11.0 Å². The number of rotatable bonds is 12. The molecule has 1 aliphatic rings. The number of nitrogens with one attached hydrogen (secondary N) is 2. The highest BCUT2D eigenvalue weighted by Gasteiger charge is 2.20. The van der Waals surface area contributed by atoms with Gasteiger partial charge < -0.3 is 30.9 Å². The number of hydrogen-bond acceptors (Lipinski definition) is 10. The lowest BCUT2D eigenvalue weighted by Gasteiger charge is -2.23. The fraction of sp³-hybridized carbons (Fsp3) is 0.600. The van der Waals surface area contributed by atoms with Crippen molar-refractivity contribution in [1.82, 2.24) is 30.0 Å². The van der Waals surface area contributed by atoms with Crippen LogP contribution < -0.4 is 21.1 Å². The summed E-state index contributed by atoms with van der Waals surface area (Å²) in [6.07, 6.45) is 6.43. The molecular formula is C25H38N8O3. The Kier molecular flexibility index (Phi) is 8.89. The second kappa shape index (κ2) is 12.3. The van der Waals surface area contributed by atoms with E-state index in [2.05, 4.69) is 27.5 Å². The second-order valence-corrected chi connectivity index (χ2v) is 9.27. The van der Waals surface area contributed by atoms with E-state index in [4.69, 9.17) is 25.3 Å². The molecule has 1 aliphatic heterocycles. The molecule has 4 rings (SSSR count). The molecule has 0 aromatic carbocycles. The van der Waals surface area contributed by atoms with Crippen molar-refractivity contribution in [2.45, 2.75) is 71.1 Å². The summed E-state index contributed by atoms with van der Waals surface area (Å²) in [5.41, 5.74) is 10.1. The first-order valence-electron chi connectivity index (χ1n) is 12.7. The van der Waals surface area contributed by atoms with Crippen LogP contribution in [-0.4, -0.2) is 68.9 Å². The summed E-state index contributed by atoms with van der Waals surface area (Å²) in [4.78, 5) is 13.7. The van der Waals surface area contributed by atoms with Gasteiger partial charge in [0, 0.05) is 44.6 Å². The van der Waals surface area contributed by atoms with Crippen molar-refractivity contribution in [3.05, 3.63) is 29.2 Å². The number of nitrogen functional groups attached to an aromatic ring is 1. The van der Waals surface area contributed by atoms with Gasteiger partial charge in [0.2, 0.25) is 5.95 Å². The van der Waals surface area contributed by atoms with Crippen LogP contribution in [0.5, 0.6) is 5.75 Å². The molecule has 3 aromatic heterocycles. The van der Waals surface area contributed by atoms with Gasteiger partial charge in [-0.25, -0.2) is 4.98 Å². The highest BCUT2D eigenvalue weighted by Crippen LogP contribution is 2.28. The number of methoxy groups -OCH3 is 1. The van der Waals surface area contributed by atoms with E-state index in [1.54, 1.807) is 7.11 Å². The minimum Gasteiger partial charge on any atom is -0.495 e. The number of nitrogens with two attached hydrogens (primary N) is 1. The van der Waals surface area contributed by atoms with Crippen molar-refractivity contribution < 1.29 is 14.6 Å². The van der Waals surface area contributed by atoms with Crippen molar-refractivity contribution in [2.24, 2.45) is 0 Å². The van der Waals surface area contributed by atoms with Crippen molar-refractivity contribution in [3.8, 4) is 5.75 Å². The van der Waals surface area contributed by atoms with Gasteiger partial charge in [0.25, 0.3) is 0 Å². The third kappa shape index (κ3) is 6.21. The van der Waals surface area contributed by atoms with Crippen LogP contribution in [0.4, 0.5) is 11.8 Å². The molecular weight excluding hydrogens is 460 g/mol. The van der Waals surface area contributed by atoms with E-state index in [1.807, 2.05) is 23.9 Å². The summed E-state index contributed by atoms with van der Waals surface area (Å²) in [5.74, 6) is 1.50. The van der Waals surface area contributed by atoms with E-state index in [-0.39, 0.29) is 18.6 Å². The van der Waals surface area contributed by atoms with Crippen molar-refractivity contribution in [1.29, 1.82) is 0 Å². The molecule has 0 unspecified atom stereocenters. The number of anilines is 2. The van der Waals surface area contributed by atoms with Gasteiger partial charge in [0.15, 0.2) is 5.82 Å². The Balaban J connectivity index is 1.59. The predicted octanol–water partition coefficient (Wildman–Crippen LogP) is 2.40. The largest absolute Gasteiger partial charge is 0.495 e. The van der Waals surface area contributed by atoms with Crippen molar-refractivity contribution in [3.63, 3.8) is 0 Å². The van der Waals surface area contributed by atoms with Crippen LogP contribution >= 0.6 is 0 Å². The molecule has 1 fully saturated rings. The van der Waals surface area contributed by atoms with E-state index in [1.165, 1.54) is 0 Å². The Morgan fingerprint density at radius 2 is 2.08 bits per heavy atom. The minimum atomic E-state index is 0.0660. The number of aliphatic hydroxyl groups is 1. The SMILES string of the molecule is CCC[C@@H](CCO)Nc1nc(N)nc2c(C)nn(Cc3ncc(CNC4CCOCC4)cc3OC)c12. The predicted molar refractivity (Wildman–Crippen MR) is 139 cm³/mol. The first-order chi connectivity index (χ1) is 17.5. The number of aromatic nitrogens is 5. The normalized spacial score (nSPS) is 15.3. The summed E-state index contributed by atoms with van der Waals surface area (Å²) in [7, 11) is 1.66. The Morgan fingerprint density at radius 3 is 2.81 bits per heavy atom. The second-order valence-electron chi connectivity index (χ2n) is 9.27. The van der Waals surface area contributed by atoms with E-state index < -0.39 is 0 Å². The first kappa shape index (κ1) is 26.1. The number of aliphatic hydroxyl groups excluding tert-OH is 1. The van der Waals surface area contributed by atoms with Crippen LogP contribution in [0.15, 0.2) is 12.3 Å². The van der Waals surface area contributed by atoms with Gasteiger partial charge in [0.1, 0.15) is 22.5 Å². The van der Waals surface area contributed by atoms with Gasteiger partial charge >= 0.3 is 0 Å². The fourth-order valence-corrected chi connectivity index (χ4v) is 4.66. The number of ether oxygens (including phenoxy) is 2. The molecule has 0 radical (unpaired) electrons. The van der Waals surface area contributed by atoms with Crippen LogP contribution in [0, 0.1) is 6.92 Å². The Morgan fingerprint density at radius 1 is 1.28 bits per heavy atom. The molecule has 11 nitrogen and oxygen atoms in total. The monoisotopic (exact) mass is 498 g/mol. The highest BCUT2D eigenvalue weighted by atomic mass is 16.5. The summed E-state index contributed by atoms with van der Waals surface area (Å²) in [6.45, 7) is 6.84. The highest BCUT2D eigenvalue weighted by molar-refractivity contribution is 5.88. The topological polar surface area (TPSA) is 145 Å². The molecule has 0 aliphatic carbocycles. The zero-order chi connectivity index (χ0) is 25.5.